The number of ketones is 1. The average molecular weight is 273 g/mol. The van der Waals surface area contributed by atoms with Crippen molar-refractivity contribution in [3.05, 3.63) is 29.8 Å². The Balaban J connectivity index is 1.46. The number of Topliss-reactive ketones (excluding diaryl/α,β-unsaturated/α-hetero) is 1. The maximum absolute atomic E-state index is 12.2. The van der Waals surface area contributed by atoms with Crippen LogP contribution < -0.4 is 0 Å². The van der Waals surface area contributed by atoms with Gasteiger partial charge in [-0.15, -0.1) is 0 Å². The van der Waals surface area contributed by atoms with Gasteiger partial charge in [-0.1, -0.05) is 0 Å². The van der Waals surface area contributed by atoms with Crippen LogP contribution in [0.2, 0.25) is 0 Å². The van der Waals surface area contributed by atoms with Gasteiger partial charge in [-0.05, 0) is 74.9 Å². The highest BCUT2D eigenvalue weighted by atomic mass is 16.3. The van der Waals surface area contributed by atoms with E-state index in [1.807, 2.05) is 0 Å². The molecule has 2 aliphatic rings. The van der Waals surface area contributed by atoms with Gasteiger partial charge in [0, 0.05) is 18.5 Å². The van der Waals surface area contributed by atoms with Crippen LogP contribution >= 0.6 is 0 Å². The van der Waals surface area contributed by atoms with E-state index in [0.717, 1.165) is 37.4 Å². The number of benzene rings is 1. The summed E-state index contributed by atoms with van der Waals surface area (Å²) in [6.45, 7) is 3.59. The molecule has 3 rings (SSSR count). The van der Waals surface area contributed by atoms with Crippen LogP contribution in [0.25, 0.3) is 0 Å². The number of carbonyl (C=O) groups excluding carboxylic acids is 1. The van der Waals surface area contributed by atoms with Crippen molar-refractivity contribution in [1.29, 1.82) is 0 Å². The minimum absolute atomic E-state index is 0.214. The van der Waals surface area contributed by atoms with Crippen molar-refractivity contribution in [3.8, 4) is 5.75 Å². The summed E-state index contributed by atoms with van der Waals surface area (Å²) in [6.07, 6.45) is 5.79. The third-order valence-electron chi connectivity index (χ3n) is 4.58. The van der Waals surface area contributed by atoms with Crippen LogP contribution in [0.15, 0.2) is 24.3 Å². The first-order valence-corrected chi connectivity index (χ1v) is 7.75. The van der Waals surface area contributed by atoms with Crippen LogP contribution in [0.3, 0.4) is 0 Å². The van der Waals surface area contributed by atoms with E-state index in [4.69, 9.17) is 0 Å². The topological polar surface area (TPSA) is 40.5 Å². The lowest BCUT2D eigenvalue weighted by Crippen LogP contribution is -2.35. The lowest BCUT2D eigenvalue weighted by atomic mass is 9.90. The van der Waals surface area contributed by atoms with Crippen molar-refractivity contribution in [2.24, 2.45) is 11.8 Å². The Morgan fingerprint density at radius 1 is 1.05 bits per heavy atom. The highest BCUT2D eigenvalue weighted by molar-refractivity contribution is 5.96. The Morgan fingerprint density at radius 3 is 2.30 bits per heavy atom. The molecule has 1 saturated heterocycles. The van der Waals surface area contributed by atoms with Crippen LogP contribution in [0.5, 0.6) is 5.75 Å². The van der Waals surface area contributed by atoms with E-state index in [-0.39, 0.29) is 11.5 Å². The Kier molecular flexibility index (Phi) is 4.06. The van der Waals surface area contributed by atoms with Crippen molar-refractivity contribution in [3.63, 3.8) is 0 Å². The molecule has 0 aromatic heterocycles. The molecule has 0 spiro atoms. The minimum atomic E-state index is 0.214. The number of likely N-dealkylation sites (tertiary alicyclic amines) is 1. The van der Waals surface area contributed by atoms with Crippen molar-refractivity contribution >= 4 is 5.78 Å². The molecular weight excluding hydrogens is 250 g/mol. The van der Waals surface area contributed by atoms with E-state index in [2.05, 4.69) is 4.90 Å². The van der Waals surface area contributed by atoms with Crippen LogP contribution in [0, 0.1) is 11.8 Å². The van der Waals surface area contributed by atoms with Gasteiger partial charge >= 0.3 is 0 Å². The summed E-state index contributed by atoms with van der Waals surface area (Å²) in [4.78, 5) is 14.8. The summed E-state index contributed by atoms with van der Waals surface area (Å²) in [5.41, 5.74) is 0.725. The molecule has 0 unspecified atom stereocenters. The summed E-state index contributed by atoms with van der Waals surface area (Å²) >= 11 is 0. The Hall–Kier alpha value is -1.35. The van der Waals surface area contributed by atoms with Gasteiger partial charge in [0.25, 0.3) is 0 Å². The van der Waals surface area contributed by atoms with E-state index in [0.29, 0.717) is 12.3 Å². The second-order valence-corrected chi connectivity index (χ2v) is 6.36. The summed E-state index contributed by atoms with van der Waals surface area (Å²) < 4.78 is 0. The van der Waals surface area contributed by atoms with Crippen molar-refractivity contribution in [2.45, 2.75) is 32.1 Å². The summed E-state index contributed by atoms with van der Waals surface area (Å²) in [5.74, 6) is 1.93. The van der Waals surface area contributed by atoms with E-state index >= 15 is 0 Å². The van der Waals surface area contributed by atoms with Gasteiger partial charge in [-0.2, -0.15) is 0 Å². The fourth-order valence-corrected chi connectivity index (χ4v) is 3.07. The minimum Gasteiger partial charge on any atom is -0.508 e. The van der Waals surface area contributed by atoms with Crippen LogP contribution in [-0.2, 0) is 0 Å². The maximum Gasteiger partial charge on any atom is 0.163 e. The van der Waals surface area contributed by atoms with Crippen molar-refractivity contribution in [1.82, 2.24) is 4.90 Å². The first-order valence-electron chi connectivity index (χ1n) is 7.75. The van der Waals surface area contributed by atoms with Gasteiger partial charge in [0.15, 0.2) is 5.78 Å². The maximum atomic E-state index is 12.2. The van der Waals surface area contributed by atoms with Crippen molar-refractivity contribution < 1.29 is 9.90 Å². The number of carbonyl (C=O) groups is 1. The fraction of sp³-hybridized carbons (Fsp3) is 0.588. The normalized spacial score (nSPS) is 21.0. The number of phenolic OH excluding ortho intramolecular Hbond substituents is 1. The zero-order valence-electron chi connectivity index (χ0n) is 11.9. The second-order valence-electron chi connectivity index (χ2n) is 6.36. The largest absolute Gasteiger partial charge is 0.508 e. The standard InChI is InChI=1S/C17H23NO2/c19-16-5-3-15(4-6-16)17(20)11-13-7-9-18(10-8-13)12-14-1-2-14/h3-6,13-14,19H,1-2,7-12H2. The summed E-state index contributed by atoms with van der Waals surface area (Å²) in [6, 6.07) is 6.62. The molecule has 3 heteroatoms. The zero-order valence-corrected chi connectivity index (χ0v) is 11.9. The number of hydrogen-bond donors (Lipinski definition) is 1. The molecule has 1 heterocycles. The summed E-state index contributed by atoms with van der Waals surface area (Å²) in [7, 11) is 0. The van der Waals surface area contributed by atoms with E-state index in [9.17, 15) is 9.90 Å². The van der Waals surface area contributed by atoms with Crippen molar-refractivity contribution in [2.75, 3.05) is 19.6 Å². The van der Waals surface area contributed by atoms with Gasteiger partial charge in [0.2, 0.25) is 0 Å². The Morgan fingerprint density at radius 2 is 1.70 bits per heavy atom. The molecule has 20 heavy (non-hydrogen) atoms. The number of rotatable bonds is 5. The SMILES string of the molecule is O=C(CC1CCN(CC2CC2)CC1)c1ccc(O)cc1. The number of piperidine rings is 1. The number of nitrogens with zero attached hydrogens (tertiary/aromatic N) is 1. The summed E-state index contributed by atoms with van der Waals surface area (Å²) in [5, 5.41) is 9.25. The van der Waals surface area contributed by atoms with Gasteiger partial charge in [0.05, 0.1) is 0 Å². The molecule has 108 valence electrons. The molecule has 1 N–H and O–H groups in total. The molecule has 1 aromatic carbocycles. The monoisotopic (exact) mass is 273 g/mol. The van der Waals surface area contributed by atoms with E-state index < -0.39 is 0 Å². The number of hydrogen-bond acceptors (Lipinski definition) is 3. The molecule has 0 amide bonds. The Labute approximate surface area is 120 Å². The fourth-order valence-electron chi connectivity index (χ4n) is 3.07. The molecule has 1 aromatic rings. The zero-order chi connectivity index (χ0) is 13.9. The van der Waals surface area contributed by atoms with E-state index in [1.54, 1.807) is 24.3 Å². The quantitative estimate of drug-likeness (QED) is 0.838. The molecule has 2 fully saturated rings. The lowest BCUT2D eigenvalue weighted by Gasteiger charge is -2.31. The molecule has 1 aliphatic heterocycles. The van der Waals surface area contributed by atoms with Crippen LogP contribution in [0.1, 0.15) is 42.5 Å². The first-order chi connectivity index (χ1) is 9.70. The van der Waals surface area contributed by atoms with Gasteiger partial charge < -0.3 is 10.0 Å². The first kappa shape index (κ1) is 13.6. The van der Waals surface area contributed by atoms with Gasteiger partial charge in [-0.25, -0.2) is 0 Å². The lowest BCUT2D eigenvalue weighted by molar-refractivity contribution is 0.0926. The Bertz CT molecular complexity index is 456. The molecule has 0 atom stereocenters. The molecule has 1 saturated carbocycles. The average Bonchev–Trinajstić information content (AvgIpc) is 3.26. The molecule has 0 radical (unpaired) electrons. The predicted molar refractivity (Wildman–Crippen MR) is 78.9 cm³/mol. The van der Waals surface area contributed by atoms with E-state index in [1.165, 1.54) is 19.4 Å². The number of aromatic hydroxyl groups is 1. The van der Waals surface area contributed by atoms with Gasteiger partial charge in [0.1, 0.15) is 5.75 Å². The third kappa shape index (κ3) is 3.60. The van der Waals surface area contributed by atoms with Crippen LogP contribution in [-0.4, -0.2) is 35.4 Å². The smallest absolute Gasteiger partial charge is 0.163 e. The highest BCUT2D eigenvalue weighted by Gasteiger charge is 2.27. The van der Waals surface area contributed by atoms with Gasteiger partial charge in [-0.3, -0.25) is 4.79 Å². The molecule has 1 aliphatic carbocycles. The third-order valence-corrected chi connectivity index (χ3v) is 4.58. The predicted octanol–water partition coefficient (Wildman–Crippen LogP) is 3.09. The molecule has 3 nitrogen and oxygen atoms in total. The molecule has 0 bridgehead atoms. The second kappa shape index (κ2) is 5.96. The van der Waals surface area contributed by atoms with Crippen LogP contribution in [0.4, 0.5) is 0 Å². The number of phenols is 1. The highest BCUT2D eigenvalue weighted by Crippen LogP contribution is 2.31. The molecular formula is C17H23NO2.